The van der Waals surface area contributed by atoms with Gasteiger partial charge in [0, 0.05) is 29.6 Å². The molecule has 0 saturated carbocycles. The van der Waals surface area contributed by atoms with Crippen LogP contribution in [0.5, 0.6) is 0 Å². The average molecular weight is 253 g/mol. The van der Waals surface area contributed by atoms with E-state index in [1.807, 2.05) is 37.3 Å². The largest absolute Gasteiger partial charge is 0.464 e. The minimum absolute atomic E-state index is 0.151. The van der Waals surface area contributed by atoms with Crippen LogP contribution in [0.3, 0.4) is 0 Å². The summed E-state index contributed by atoms with van der Waals surface area (Å²) in [4.78, 5) is 8.86. The molecule has 4 nitrogen and oxygen atoms in total. The lowest BCUT2D eigenvalue weighted by Gasteiger charge is -2.07. The van der Waals surface area contributed by atoms with Crippen LogP contribution in [-0.4, -0.2) is 16.5 Å². The quantitative estimate of drug-likeness (QED) is 0.779. The lowest BCUT2D eigenvalue weighted by atomic mass is 10.1. The first-order valence-corrected chi connectivity index (χ1v) is 6.29. The molecule has 0 aliphatic carbocycles. The molecule has 2 heterocycles. The third kappa shape index (κ3) is 2.11. The van der Waals surface area contributed by atoms with E-state index in [0.29, 0.717) is 6.54 Å². The van der Waals surface area contributed by atoms with Crippen LogP contribution in [-0.2, 0) is 0 Å². The van der Waals surface area contributed by atoms with E-state index in [4.69, 9.17) is 10.2 Å². The monoisotopic (exact) mass is 253 g/mol. The van der Waals surface area contributed by atoms with Gasteiger partial charge in [0.05, 0.1) is 5.69 Å². The second-order valence-electron chi connectivity index (χ2n) is 4.58. The van der Waals surface area contributed by atoms with Crippen LogP contribution in [0.1, 0.15) is 18.7 Å². The standard InChI is InChI=1S/C15H15N3O/c1-10(8-16)15-17-7-6-13(18-15)12-9-19-14-5-3-2-4-11(12)14/h2-7,9-10H,8,16H2,1H3. The first-order valence-electron chi connectivity index (χ1n) is 6.29. The number of benzene rings is 1. The Morgan fingerprint density at radius 2 is 2.11 bits per heavy atom. The summed E-state index contributed by atoms with van der Waals surface area (Å²) >= 11 is 0. The van der Waals surface area contributed by atoms with Crippen molar-refractivity contribution in [2.45, 2.75) is 12.8 Å². The molecule has 0 aliphatic rings. The summed E-state index contributed by atoms with van der Waals surface area (Å²) in [5, 5.41) is 1.06. The number of para-hydroxylation sites is 1. The minimum atomic E-state index is 0.151. The zero-order chi connectivity index (χ0) is 13.2. The van der Waals surface area contributed by atoms with E-state index in [1.165, 1.54) is 0 Å². The van der Waals surface area contributed by atoms with Gasteiger partial charge in [0.2, 0.25) is 0 Å². The number of hydrogen-bond acceptors (Lipinski definition) is 4. The fraction of sp³-hybridized carbons (Fsp3) is 0.200. The molecule has 1 atom stereocenters. The highest BCUT2D eigenvalue weighted by Crippen LogP contribution is 2.29. The Hall–Kier alpha value is -2.20. The third-order valence-electron chi connectivity index (χ3n) is 3.23. The number of nitrogens with zero attached hydrogens (tertiary/aromatic N) is 2. The second kappa shape index (κ2) is 4.82. The molecule has 0 amide bonds. The van der Waals surface area contributed by atoms with Gasteiger partial charge < -0.3 is 10.2 Å². The molecule has 0 aliphatic heterocycles. The van der Waals surface area contributed by atoms with Gasteiger partial charge in [-0.15, -0.1) is 0 Å². The number of furan rings is 1. The lowest BCUT2D eigenvalue weighted by Crippen LogP contribution is -2.12. The molecule has 96 valence electrons. The van der Waals surface area contributed by atoms with Crippen molar-refractivity contribution in [3.8, 4) is 11.3 Å². The molecule has 3 aromatic rings. The van der Waals surface area contributed by atoms with Crippen LogP contribution in [0.2, 0.25) is 0 Å². The molecule has 0 bridgehead atoms. The summed E-state index contributed by atoms with van der Waals surface area (Å²) in [6.45, 7) is 2.56. The Kier molecular flexibility index (Phi) is 3.01. The maximum Gasteiger partial charge on any atom is 0.134 e. The van der Waals surface area contributed by atoms with Gasteiger partial charge in [-0.25, -0.2) is 9.97 Å². The number of aromatic nitrogens is 2. The normalized spacial score (nSPS) is 12.7. The summed E-state index contributed by atoms with van der Waals surface area (Å²) in [6, 6.07) is 9.82. The van der Waals surface area contributed by atoms with Gasteiger partial charge in [-0.3, -0.25) is 0 Å². The SMILES string of the molecule is CC(CN)c1nccc(-c2coc3ccccc23)n1. The van der Waals surface area contributed by atoms with Crippen LogP contribution < -0.4 is 5.73 Å². The average Bonchev–Trinajstić information content (AvgIpc) is 2.90. The topological polar surface area (TPSA) is 64.9 Å². The molecule has 0 spiro atoms. The van der Waals surface area contributed by atoms with Crippen LogP contribution >= 0.6 is 0 Å². The smallest absolute Gasteiger partial charge is 0.134 e. The molecule has 0 fully saturated rings. The fourth-order valence-electron chi connectivity index (χ4n) is 2.04. The molecule has 2 aromatic heterocycles. The van der Waals surface area contributed by atoms with Crippen molar-refractivity contribution in [1.29, 1.82) is 0 Å². The van der Waals surface area contributed by atoms with Crippen molar-refractivity contribution in [2.75, 3.05) is 6.54 Å². The van der Waals surface area contributed by atoms with E-state index in [2.05, 4.69) is 9.97 Å². The van der Waals surface area contributed by atoms with E-state index in [1.54, 1.807) is 12.5 Å². The van der Waals surface area contributed by atoms with Crippen molar-refractivity contribution in [1.82, 2.24) is 9.97 Å². The molecule has 0 radical (unpaired) electrons. The Balaban J connectivity index is 2.11. The van der Waals surface area contributed by atoms with Crippen LogP contribution in [0.25, 0.3) is 22.2 Å². The van der Waals surface area contributed by atoms with Crippen molar-refractivity contribution < 1.29 is 4.42 Å². The number of fused-ring (bicyclic) bond motifs is 1. The number of rotatable bonds is 3. The van der Waals surface area contributed by atoms with E-state index >= 15 is 0 Å². The molecule has 2 N–H and O–H groups in total. The molecule has 3 rings (SSSR count). The Morgan fingerprint density at radius 3 is 2.95 bits per heavy atom. The number of hydrogen-bond donors (Lipinski definition) is 1. The van der Waals surface area contributed by atoms with Crippen molar-refractivity contribution in [3.63, 3.8) is 0 Å². The second-order valence-corrected chi connectivity index (χ2v) is 4.58. The van der Waals surface area contributed by atoms with E-state index in [-0.39, 0.29) is 5.92 Å². The first-order chi connectivity index (χ1) is 9.29. The first kappa shape index (κ1) is 11.9. The van der Waals surface area contributed by atoms with Gasteiger partial charge in [0.1, 0.15) is 17.7 Å². The zero-order valence-corrected chi connectivity index (χ0v) is 10.7. The van der Waals surface area contributed by atoms with Gasteiger partial charge in [-0.2, -0.15) is 0 Å². The van der Waals surface area contributed by atoms with Gasteiger partial charge in [-0.1, -0.05) is 25.1 Å². The zero-order valence-electron chi connectivity index (χ0n) is 10.7. The van der Waals surface area contributed by atoms with Gasteiger partial charge in [-0.05, 0) is 12.1 Å². The predicted octanol–water partition coefficient (Wildman–Crippen LogP) is 2.95. The lowest BCUT2D eigenvalue weighted by molar-refractivity contribution is 0.616. The van der Waals surface area contributed by atoms with Gasteiger partial charge >= 0.3 is 0 Å². The molecule has 19 heavy (non-hydrogen) atoms. The van der Waals surface area contributed by atoms with E-state index < -0.39 is 0 Å². The molecular weight excluding hydrogens is 238 g/mol. The van der Waals surface area contributed by atoms with Crippen LogP contribution in [0.4, 0.5) is 0 Å². The van der Waals surface area contributed by atoms with Crippen molar-refractivity contribution in [2.24, 2.45) is 5.73 Å². The summed E-state index contributed by atoms with van der Waals surface area (Å²) in [5.41, 5.74) is 8.39. The van der Waals surface area contributed by atoms with E-state index in [9.17, 15) is 0 Å². The highest BCUT2D eigenvalue weighted by Gasteiger charge is 2.12. The molecule has 1 unspecified atom stereocenters. The van der Waals surface area contributed by atoms with Crippen LogP contribution in [0.15, 0.2) is 47.2 Å². The van der Waals surface area contributed by atoms with Crippen LogP contribution in [0, 0.1) is 0 Å². The molecule has 1 aromatic carbocycles. The molecule has 4 heteroatoms. The highest BCUT2D eigenvalue weighted by molar-refractivity contribution is 5.92. The minimum Gasteiger partial charge on any atom is -0.464 e. The highest BCUT2D eigenvalue weighted by atomic mass is 16.3. The number of nitrogens with two attached hydrogens (primary N) is 1. The Morgan fingerprint density at radius 1 is 1.26 bits per heavy atom. The Labute approximate surface area is 111 Å². The molecular formula is C15H15N3O. The van der Waals surface area contributed by atoms with Gasteiger partial charge in [0.25, 0.3) is 0 Å². The fourth-order valence-corrected chi connectivity index (χ4v) is 2.04. The van der Waals surface area contributed by atoms with E-state index in [0.717, 1.165) is 28.1 Å². The summed E-state index contributed by atoms with van der Waals surface area (Å²) < 4.78 is 5.55. The molecule has 0 saturated heterocycles. The van der Waals surface area contributed by atoms with Crippen molar-refractivity contribution >= 4 is 11.0 Å². The maximum absolute atomic E-state index is 5.66. The summed E-state index contributed by atoms with van der Waals surface area (Å²) in [6.07, 6.45) is 3.51. The maximum atomic E-state index is 5.66. The Bertz CT molecular complexity index is 705. The van der Waals surface area contributed by atoms with Crippen molar-refractivity contribution in [3.05, 3.63) is 48.6 Å². The summed E-state index contributed by atoms with van der Waals surface area (Å²) in [5.74, 6) is 0.920. The third-order valence-corrected chi connectivity index (χ3v) is 3.23. The van der Waals surface area contributed by atoms with Gasteiger partial charge in [0.15, 0.2) is 0 Å². The summed E-state index contributed by atoms with van der Waals surface area (Å²) in [7, 11) is 0. The predicted molar refractivity (Wildman–Crippen MR) is 74.7 cm³/mol.